The molecule has 2 aromatic carbocycles. The first-order chi connectivity index (χ1) is 9.97. The minimum atomic E-state index is -3.59. The largest absolute Gasteiger partial charge is 0.492 e. The number of hydrogen-bond acceptors (Lipinski definition) is 3. The molecule has 112 valence electrons. The molecular weight excluding hydrogens is 333 g/mol. The lowest BCUT2D eigenvalue weighted by Gasteiger charge is -2.09. The molecule has 0 spiro atoms. The van der Waals surface area contributed by atoms with E-state index in [1.807, 2.05) is 0 Å². The second-order valence-electron chi connectivity index (χ2n) is 4.16. The molecule has 0 aliphatic carbocycles. The highest BCUT2D eigenvalue weighted by Gasteiger charge is 2.13. The Labute approximate surface area is 133 Å². The fraction of sp³-hybridized carbons (Fsp3) is 0.143. The molecule has 7 heteroatoms. The van der Waals surface area contributed by atoms with Gasteiger partial charge in [-0.25, -0.2) is 13.1 Å². The van der Waals surface area contributed by atoms with E-state index in [-0.39, 0.29) is 18.0 Å². The lowest BCUT2D eigenvalue weighted by Crippen LogP contribution is -2.28. The Balaban J connectivity index is 1.88. The van der Waals surface area contributed by atoms with Crippen LogP contribution in [0.5, 0.6) is 5.75 Å². The van der Waals surface area contributed by atoms with Crippen molar-refractivity contribution in [3.63, 3.8) is 0 Å². The highest BCUT2D eigenvalue weighted by molar-refractivity contribution is 7.89. The Morgan fingerprint density at radius 1 is 1.00 bits per heavy atom. The fourth-order valence-corrected chi connectivity index (χ4v) is 3.11. The van der Waals surface area contributed by atoms with E-state index >= 15 is 0 Å². The average Bonchev–Trinajstić information content (AvgIpc) is 2.44. The van der Waals surface area contributed by atoms with Crippen molar-refractivity contribution in [2.45, 2.75) is 4.90 Å². The predicted molar refractivity (Wildman–Crippen MR) is 83.6 cm³/mol. The summed E-state index contributed by atoms with van der Waals surface area (Å²) >= 11 is 11.6. The van der Waals surface area contributed by atoms with Crippen LogP contribution < -0.4 is 9.46 Å². The average molecular weight is 346 g/mol. The van der Waals surface area contributed by atoms with Gasteiger partial charge in [0.25, 0.3) is 0 Å². The first-order valence-electron chi connectivity index (χ1n) is 6.11. The Morgan fingerprint density at radius 3 is 2.33 bits per heavy atom. The van der Waals surface area contributed by atoms with Crippen molar-refractivity contribution in [1.82, 2.24) is 4.72 Å². The lowest BCUT2D eigenvalue weighted by atomic mass is 10.3. The third kappa shape index (κ3) is 4.89. The van der Waals surface area contributed by atoms with Gasteiger partial charge in [0.1, 0.15) is 12.4 Å². The summed E-state index contributed by atoms with van der Waals surface area (Å²) < 4.78 is 31.9. The van der Waals surface area contributed by atoms with Crippen LogP contribution in [0.15, 0.2) is 53.4 Å². The zero-order valence-electron chi connectivity index (χ0n) is 10.9. The SMILES string of the molecule is O=S(=O)(NCCOc1cccc(Cl)c1)c1cccc(Cl)c1. The van der Waals surface area contributed by atoms with Crippen molar-refractivity contribution in [2.75, 3.05) is 13.2 Å². The molecule has 0 aromatic heterocycles. The Hall–Kier alpha value is -1.27. The summed E-state index contributed by atoms with van der Waals surface area (Å²) in [4.78, 5) is 0.123. The molecule has 2 rings (SSSR count). The molecule has 0 unspecified atom stereocenters. The molecular formula is C14H13Cl2NO3S. The Kier molecular flexibility index (Phi) is 5.47. The monoisotopic (exact) mass is 345 g/mol. The molecule has 0 radical (unpaired) electrons. The van der Waals surface area contributed by atoms with Gasteiger partial charge in [-0.1, -0.05) is 35.3 Å². The third-order valence-corrected chi connectivity index (χ3v) is 4.49. The van der Waals surface area contributed by atoms with Crippen LogP contribution in [0.1, 0.15) is 0 Å². The van der Waals surface area contributed by atoms with E-state index in [9.17, 15) is 8.42 Å². The van der Waals surface area contributed by atoms with Crippen molar-refractivity contribution in [2.24, 2.45) is 0 Å². The molecule has 0 amide bonds. The van der Waals surface area contributed by atoms with Crippen LogP contribution >= 0.6 is 23.2 Å². The van der Waals surface area contributed by atoms with E-state index in [0.717, 1.165) is 0 Å². The Morgan fingerprint density at radius 2 is 1.67 bits per heavy atom. The van der Waals surface area contributed by atoms with Crippen molar-refractivity contribution in [1.29, 1.82) is 0 Å². The summed E-state index contributed by atoms with van der Waals surface area (Å²) in [5.74, 6) is 0.587. The highest BCUT2D eigenvalue weighted by atomic mass is 35.5. The number of sulfonamides is 1. The maximum atomic E-state index is 12.0. The Bertz CT molecular complexity index is 720. The maximum Gasteiger partial charge on any atom is 0.240 e. The van der Waals surface area contributed by atoms with Crippen molar-refractivity contribution in [3.05, 3.63) is 58.6 Å². The molecule has 1 N–H and O–H groups in total. The standard InChI is InChI=1S/C14H13Cl2NO3S/c15-11-3-1-5-13(9-11)20-8-7-17-21(18,19)14-6-2-4-12(16)10-14/h1-6,9-10,17H,7-8H2. The number of hydrogen-bond donors (Lipinski definition) is 1. The van der Waals surface area contributed by atoms with Crippen LogP contribution in [0, 0.1) is 0 Å². The van der Waals surface area contributed by atoms with Gasteiger partial charge in [-0.2, -0.15) is 0 Å². The summed E-state index contributed by atoms with van der Waals surface area (Å²) in [5, 5.41) is 0.931. The van der Waals surface area contributed by atoms with Crippen molar-refractivity contribution >= 4 is 33.2 Å². The second-order valence-corrected chi connectivity index (χ2v) is 6.80. The van der Waals surface area contributed by atoms with Crippen LogP contribution in [0.25, 0.3) is 0 Å². The van der Waals surface area contributed by atoms with Gasteiger partial charge in [-0.05, 0) is 36.4 Å². The molecule has 4 nitrogen and oxygen atoms in total. The summed E-state index contributed by atoms with van der Waals surface area (Å²) in [5.41, 5.74) is 0. The first-order valence-corrected chi connectivity index (χ1v) is 8.35. The third-order valence-electron chi connectivity index (χ3n) is 2.57. The van der Waals surface area contributed by atoms with Crippen LogP contribution in [-0.4, -0.2) is 21.6 Å². The summed E-state index contributed by atoms with van der Waals surface area (Å²) in [6.45, 7) is 0.335. The van der Waals surface area contributed by atoms with Crippen LogP contribution in [0.4, 0.5) is 0 Å². The first kappa shape index (κ1) is 16.1. The molecule has 21 heavy (non-hydrogen) atoms. The topological polar surface area (TPSA) is 55.4 Å². The van der Waals surface area contributed by atoms with Gasteiger partial charge in [-0.15, -0.1) is 0 Å². The molecule has 0 aliphatic rings. The van der Waals surface area contributed by atoms with E-state index in [4.69, 9.17) is 27.9 Å². The van der Waals surface area contributed by atoms with E-state index in [2.05, 4.69) is 4.72 Å². The predicted octanol–water partition coefficient (Wildman–Crippen LogP) is 3.35. The smallest absolute Gasteiger partial charge is 0.240 e. The van der Waals surface area contributed by atoms with Gasteiger partial charge in [-0.3, -0.25) is 0 Å². The quantitative estimate of drug-likeness (QED) is 0.816. The van der Waals surface area contributed by atoms with E-state index in [1.54, 1.807) is 36.4 Å². The second kappa shape index (κ2) is 7.13. The number of nitrogens with one attached hydrogen (secondary N) is 1. The van der Waals surface area contributed by atoms with E-state index in [0.29, 0.717) is 15.8 Å². The van der Waals surface area contributed by atoms with Crippen LogP contribution in [-0.2, 0) is 10.0 Å². The molecule has 0 bridgehead atoms. The zero-order valence-corrected chi connectivity index (χ0v) is 13.3. The minimum absolute atomic E-state index is 0.123. The van der Waals surface area contributed by atoms with Gasteiger partial charge in [0, 0.05) is 16.6 Å². The number of halogens is 2. The number of rotatable bonds is 6. The molecule has 0 saturated heterocycles. The zero-order chi connectivity index (χ0) is 15.3. The lowest BCUT2D eigenvalue weighted by molar-refractivity contribution is 0.323. The molecule has 2 aromatic rings. The number of ether oxygens (including phenoxy) is 1. The molecule has 0 fully saturated rings. The van der Waals surface area contributed by atoms with Crippen molar-refractivity contribution in [3.8, 4) is 5.75 Å². The fourth-order valence-electron chi connectivity index (χ4n) is 1.62. The maximum absolute atomic E-state index is 12.0. The van der Waals surface area contributed by atoms with Gasteiger partial charge >= 0.3 is 0 Å². The number of benzene rings is 2. The summed E-state index contributed by atoms with van der Waals surface area (Å²) in [6.07, 6.45) is 0. The highest BCUT2D eigenvalue weighted by Crippen LogP contribution is 2.17. The van der Waals surface area contributed by atoms with Gasteiger partial charge in [0.05, 0.1) is 4.90 Å². The van der Waals surface area contributed by atoms with Gasteiger partial charge in [0.2, 0.25) is 10.0 Å². The molecule has 0 aliphatic heterocycles. The van der Waals surface area contributed by atoms with E-state index < -0.39 is 10.0 Å². The van der Waals surface area contributed by atoms with Crippen LogP contribution in [0.3, 0.4) is 0 Å². The van der Waals surface area contributed by atoms with Crippen LogP contribution in [0.2, 0.25) is 10.0 Å². The van der Waals surface area contributed by atoms with Gasteiger partial charge < -0.3 is 4.74 Å². The summed E-state index contributed by atoms with van der Waals surface area (Å²) in [7, 11) is -3.59. The molecule has 0 heterocycles. The minimum Gasteiger partial charge on any atom is -0.492 e. The summed E-state index contributed by atoms with van der Waals surface area (Å²) in [6, 6.07) is 13.0. The normalized spacial score (nSPS) is 11.3. The van der Waals surface area contributed by atoms with Gasteiger partial charge in [0.15, 0.2) is 0 Å². The molecule has 0 saturated carbocycles. The van der Waals surface area contributed by atoms with Crippen molar-refractivity contribution < 1.29 is 13.2 Å². The van der Waals surface area contributed by atoms with E-state index in [1.165, 1.54) is 12.1 Å². The molecule has 0 atom stereocenters.